The number of nitrogens with zero attached hydrogens (tertiary/aromatic N) is 1. The molecular formula is C14H11Cl2NO3. The van der Waals surface area contributed by atoms with E-state index in [1.54, 1.807) is 6.07 Å². The Morgan fingerprint density at radius 2 is 1.95 bits per heavy atom. The standard InChI is InChI=1S/C14H11Cl2NO3/c1-9-6-10(8-15)2-5-13(9)20-14-7-11(16)3-4-12(14)17(18)19/h2-7H,8H2,1H3. The fraction of sp³-hybridized carbons (Fsp3) is 0.143. The molecular weight excluding hydrogens is 301 g/mol. The third-order valence-electron chi connectivity index (χ3n) is 2.73. The van der Waals surface area contributed by atoms with Gasteiger partial charge in [-0.3, -0.25) is 10.1 Å². The first kappa shape index (κ1) is 14.6. The molecule has 0 aliphatic carbocycles. The smallest absolute Gasteiger partial charge is 0.311 e. The van der Waals surface area contributed by atoms with Crippen molar-refractivity contribution >= 4 is 28.9 Å². The molecule has 0 saturated heterocycles. The average molecular weight is 312 g/mol. The number of ether oxygens (including phenoxy) is 1. The van der Waals surface area contributed by atoms with Crippen LogP contribution in [0.15, 0.2) is 36.4 Å². The van der Waals surface area contributed by atoms with Crippen LogP contribution < -0.4 is 4.74 Å². The molecule has 2 aromatic carbocycles. The minimum Gasteiger partial charge on any atom is -0.450 e. The van der Waals surface area contributed by atoms with Crippen LogP contribution in [0.3, 0.4) is 0 Å². The van der Waals surface area contributed by atoms with Crippen LogP contribution >= 0.6 is 23.2 Å². The maximum absolute atomic E-state index is 11.0. The normalized spacial score (nSPS) is 10.3. The van der Waals surface area contributed by atoms with Gasteiger partial charge < -0.3 is 4.74 Å². The number of halogens is 2. The van der Waals surface area contributed by atoms with Gasteiger partial charge in [-0.1, -0.05) is 23.7 Å². The van der Waals surface area contributed by atoms with Crippen molar-refractivity contribution < 1.29 is 9.66 Å². The number of rotatable bonds is 4. The van der Waals surface area contributed by atoms with Crippen molar-refractivity contribution in [3.8, 4) is 11.5 Å². The number of benzene rings is 2. The Labute approximate surface area is 126 Å². The molecule has 2 aromatic rings. The van der Waals surface area contributed by atoms with Crippen LogP contribution in [-0.2, 0) is 5.88 Å². The van der Waals surface area contributed by atoms with E-state index in [1.807, 2.05) is 19.1 Å². The molecule has 0 atom stereocenters. The topological polar surface area (TPSA) is 52.4 Å². The largest absolute Gasteiger partial charge is 0.450 e. The predicted octanol–water partition coefficient (Wildman–Crippen LogP) is 5.09. The van der Waals surface area contributed by atoms with Crippen LogP contribution in [0, 0.1) is 17.0 Å². The van der Waals surface area contributed by atoms with E-state index in [9.17, 15) is 10.1 Å². The first-order valence-electron chi connectivity index (χ1n) is 5.78. The van der Waals surface area contributed by atoms with Crippen molar-refractivity contribution in [3.63, 3.8) is 0 Å². The van der Waals surface area contributed by atoms with Crippen LogP contribution in [0.2, 0.25) is 5.02 Å². The molecule has 6 heteroatoms. The molecule has 0 bridgehead atoms. The lowest BCUT2D eigenvalue weighted by Crippen LogP contribution is -1.95. The lowest BCUT2D eigenvalue weighted by Gasteiger charge is -2.10. The molecule has 0 aliphatic rings. The highest BCUT2D eigenvalue weighted by molar-refractivity contribution is 6.30. The molecule has 0 N–H and O–H groups in total. The van der Waals surface area contributed by atoms with E-state index in [4.69, 9.17) is 27.9 Å². The molecule has 104 valence electrons. The molecule has 0 spiro atoms. The highest BCUT2D eigenvalue weighted by Gasteiger charge is 2.17. The van der Waals surface area contributed by atoms with Crippen molar-refractivity contribution in [2.75, 3.05) is 0 Å². The van der Waals surface area contributed by atoms with Gasteiger partial charge in [-0.25, -0.2) is 0 Å². The fourth-order valence-electron chi connectivity index (χ4n) is 1.75. The number of nitro benzene ring substituents is 1. The first-order valence-corrected chi connectivity index (χ1v) is 6.70. The van der Waals surface area contributed by atoms with Crippen LogP contribution in [0.25, 0.3) is 0 Å². The molecule has 0 aliphatic heterocycles. The second-order valence-corrected chi connectivity index (χ2v) is 4.91. The Kier molecular flexibility index (Phi) is 4.47. The Morgan fingerprint density at radius 1 is 1.20 bits per heavy atom. The van der Waals surface area contributed by atoms with E-state index in [0.29, 0.717) is 16.7 Å². The zero-order valence-corrected chi connectivity index (χ0v) is 12.1. The number of hydrogen-bond acceptors (Lipinski definition) is 3. The average Bonchev–Trinajstić information content (AvgIpc) is 2.40. The number of aryl methyl sites for hydroxylation is 1. The van der Waals surface area contributed by atoms with Crippen LogP contribution in [0.1, 0.15) is 11.1 Å². The summed E-state index contributed by atoms with van der Waals surface area (Å²) in [5, 5.41) is 11.3. The summed E-state index contributed by atoms with van der Waals surface area (Å²) < 4.78 is 5.61. The van der Waals surface area contributed by atoms with Gasteiger partial charge in [0.05, 0.1) is 4.92 Å². The second kappa shape index (κ2) is 6.11. The van der Waals surface area contributed by atoms with E-state index in [1.165, 1.54) is 18.2 Å². The Bertz CT molecular complexity index is 659. The number of hydrogen-bond donors (Lipinski definition) is 0. The maximum atomic E-state index is 11.0. The maximum Gasteiger partial charge on any atom is 0.311 e. The summed E-state index contributed by atoms with van der Waals surface area (Å²) >= 11 is 11.6. The van der Waals surface area contributed by atoms with E-state index in [2.05, 4.69) is 0 Å². The van der Waals surface area contributed by atoms with Gasteiger partial charge in [-0.2, -0.15) is 0 Å². The third-order valence-corrected chi connectivity index (χ3v) is 3.28. The second-order valence-electron chi connectivity index (χ2n) is 4.20. The van der Waals surface area contributed by atoms with Gasteiger partial charge in [0.2, 0.25) is 5.75 Å². The Balaban J connectivity index is 2.39. The van der Waals surface area contributed by atoms with Crippen molar-refractivity contribution in [2.45, 2.75) is 12.8 Å². The molecule has 20 heavy (non-hydrogen) atoms. The zero-order valence-electron chi connectivity index (χ0n) is 10.6. The van der Waals surface area contributed by atoms with Gasteiger partial charge in [0.1, 0.15) is 5.75 Å². The molecule has 0 amide bonds. The van der Waals surface area contributed by atoms with Gasteiger partial charge >= 0.3 is 5.69 Å². The minimum atomic E-state index is -0.506. The lowest BCUT2D eigenvalue weighted by molar-refractivity contribution is -0.385. The molecule has 0 unspecified atom stereocenters. The van der Waals surface area contributed by atoms with Crippen molar-refractivity contribution in [2.24, 2.45) is 0 Å². The van der Waals surface area contributed by atoms with Crippen molar-refractivity contribution in [1.82, 2.24) is 0 Å². The quantitative estimate of drug-likeness (QED) is 0.449. The lowest BCUT2D eigenvalue weighted by atomic mass is 10.1. The van der Waals surface area contributed by atoms with E-state index in [0.717, 1.165) is 11.1 Å². The van der Waals surface area contributed by atoms with Crippen molar-refractivity contribution in [3.05, 3.63) is 62.7 Å². The van der Waals surface area contributed by atoms with Gasteiger partial charge in [-0.15, -0.1) is 11.6 Å². The summed E-state index contributed by atoms with van der Waals surface area (Å²) in [5.41, 5.74) is 1.67. The first-order chi connectivity index (χ1) is 9.51. The highest BCUT2D eigenvalue weighted by Crippen LogP contribution is 2.35. The Hall–Kier alpha value is -1.78. The van der Waals surface area contributed by atoms with Crippen LogP contribution in [-0.4, -0.2) is 4.92 Å². The predicted molar refractivity (Wildman–Crippen MR) is 78.9 cm³/mol. The summed E-state index contributed by atoms with van der Waals surface area (Å²) in [6.07, 6.45) is 0. The van der Waals surface area contributed by atoms with E-state index in [-0.39, 0.29) is 11.4 Å². The highest BCUT2D eigenvalue weighted by atomic mass is 35.5. The summed E-state index contributed by atoms with van der Waals surface area (Å²) in [5.74, 6) is 1.05. The van der Waals surface area contributed by atoms with Gasteiger partial charge in [-0.05, 0) is 30.2 Å². The molecule has 4 nitrogen and oxygen atoms in total. The molecule has 0 saturated carbocycles. The fourth-order valence-corrected chi connectivity index (χ4v) is 2.08. The Morgan fingerprint density at radius 3 is 2.55 bits per heavy atom. The molecule has 0 aromatic heterocycles. The summed E-state index contributed by atoms with van der Waals surface area (Å²) in [7, 11) is 0. The number of alkyl halides is 1. The van der Waals surface area contributed by atoms with Crippen LogP contribution in [0.4, 0.5) is 5.69 Å². The number of nitro groups is 1. The van der Waals surface area contributed by atoms with E-state index < -0.39 is 4.92 Å². The summed E-state index contributed by atoms with van der Waals surface area (Å²) in [4.78, 5) is 10.5. The zero-order chi connectivity index (χ0) is 14.7. The SMILES string of the molecule is Cc1cc(CCl)ccc1Oc1cc(Cl)ccc1[N+](=O)[O-]. The van der Waals surface area contributed by atoms with Gasteiger partial charge in [0.25, 0.3) is 0 Å². The summed E-state index contributed by atoms with van der Waals surface area (Å²) in [6, 6.07) is 9.62. The van der Waals surface area contributed by atoms with E-state index >= 15 is 0 Å². The molecule has 2 rings (SSSR count). The molecule has 0 fully saturated rings. The molecule has 0 radical (unpaired) electrons. The third kappa shape index (κ3) is 3.21. The van der Waals surface area contributed by atoms with Crippen LogP contribution in [0.5, 0.6) is 11.5 Å². The van der Waals surface area contributed by atoms with Gasteiger partial charge in [0.15, 0.2) is 0 Å². The minimum absolute atomic E-state index is 0.115. The monoisotopic (exact) mass is 311 g/mol. The molecule has 0 heterocycles. The van der Waals surface area contributed by atoms with Crippen molar-refractivity contribution in [1.29, 1.82) is 0 Å². The van der Waals surface area contributed by atoms with Gasteiger partial charge in [0, 0.05) is 23.0 Å². The summed E-state index contributed by atoms with van der Waals surface area (Å²) in [6.45, 7) is 1.85.